The van der Waals surface area contributed by atoms with Crippen molar-refractivity contribution in [3.05, 3.63) is 166 Å². The van der Waals surface area contributed by atoms with Crippen LogP contribution >= 0.6 is 0 Å². The van der Waals surface area contributed by atoms with E-state index in [4.69, 9.17) is 0 Å². The Bertz CT molecular complexity index is 4220. The number of hydrogen-bond acceptors (Lipinski definition) is 12. The molecule has 0 saturated carbocycles. The quantitative estimate of drug-likeness (QED) is 0.0197. The predicted octanol–water partition coefficient (Wildman–Crippen LogP) is 32.9. The van der Waals surface area contributed by atoms with Crippen molar-refractivity contribution < 1.29 is 51.9 Å². The maximum atomic E-state index is 12.0. The molecule has 724 valence electrons. The van der Waals surface area contributed by atoms with E-state index in [1.54, 1.807) is 48.5 Å². The van der Waals surface area contributed by atoms with Gasteiger partial charge in [0, 0.05) is 27.3 Å². The van der Waals surface area contributed by atoms with Gasteiger partial charge in [-0.15, -0.1) is 0 Å². The molecule has 129 heavy (non-hydrogen) atoms. The number of fused-ring (bicyclic) bond motifs is 4. The SMILES string of the molecule is CCCCCCCCCc1cc(S(=O)(=O)[O-])c2cccc(CCCCCCCCC)c2c1.CCCCCCCCCc1cc(S(=O)(=O)[O-])c2cccc(CCCCCCCCC)c2c1.CCCCCCCCCc1cc(S(=O)(=O)[O-])c2cccc(CCCCCCCCC)c2c1.CCCCCCCCCc1cc(S(=O)(=O)[O-])c2cccc(CCCCCCCCC)c2c1.[Pb]. The van der Waals surface area contributed by atoms with Gasteiger partial charge in [0.2, 0.25) is 0 Å². The molecule has 0 aliphatic rings. The summed E-state index contributed by atoms with van der Waals surface area (Å²) >= 11 is 0. The first-order chi connectivity index (χ1) is 61.9. The summed E-state index contributed by atoms with van der Waals surface area (Å²) in [5.74, 6) is 0. The first kappa shape index (κ1) is 117. The predicted molar refractivity (Wildman–Crippen MR) is 547 cm³/mol. The molecule has 8 aromatic carbocycles. The first-order valence-corrected chi connectivity index (χ1v) is 57.5. The second-order valence-electron chi connectivity index (χ2n) is 37.2. The third-order valence-electron chi connectivity index (χ3n) is 26.0. The average Bonchev–Trinajstić information content (AvgIpc) is 0.792. The van der Waals surface area contributed by atoms with E-state index >= 15 is 0 Å². The van der Waals surface area contributed by atoms with Crippen molar-refractivity contribution >= 4 is 111 Å². The number of rotatable bonds is 68. The fraction of sp³-hybridized carbons (Fsp3) is 0.643. The Morgan fingerprint density at radius 1 is 0.171 bits per heavy atom. The van der Waals surface area contributed by atoms with Gasteiger partial charge in [-0.3, -0.25) is 0 Å². The van der Waals surface area contributed by atoms with Crippen LogP contribution in [0, 0.1) is 0 Å². The molecule has 0 aromatic heterocycles. The molecule has 17 heteroatoms. The van der Waals surface area contributed by atoms with Gasteiger partial charge < -0.3 is 18.2 Å². The topological polar surface area (TPSA) is 229 Å². The van der Waals surface area contributed by atoms with Gasteiger partial charge >= 0.3 is 0 Å². The zero-order valence-corrected chi connectivity index (χ0v) is 89.0. The van der Waals surface area contributed by atoms with Crippen molar-refractivity contribution in [3.8, 4) is 0 Å². The van der Waals surface area contributed by atoms with Gasteiger partial charge in [0.1, 0.15) is 40.5 Å². The first-order valence-electron chi connectivity index (χ1n) is 51.9. The van der Waals surface area contributed by atoms with Crippen LogP contribution < -0.4 is 0 Å². The fourth-order valence-corrected chi connectivity index (χ4v) is 21.4. The Morgan fingerprint density at radius 2 is 0.302 bits per heavy atom. The van der Waals surface area contributed by atoms with Crippen molar-refractivity contribution in [3.63, 3.8) is 0 Å². The zero-order valence-electron chi connectivity index (χ0n) is 81.8. The molecule has 4 radical (unpaired) electrons. The molecule has 8 rings (SSSR count). The summed E-state index contributed by atoms with van der Waals surface area (Å²) in [6.45, 7) is 17.8. The van der Waals surface area contributed by atoms with Crippen LogP contribution in [0.15, 0.2) is 141 Å². The summed E-state index contributed by atoms with van der Waals surface area (Å²) in [6.07, 6.45) is 76.3. The molecule has 0 amide bonds. The third kappa shape index (κ3) is 47.6. The summed E-state index contributed by atoms with van der Waals surface area (Å²) in [5.41, 5.74) is 8.59. The van der Waals surface area contributed by atoms with Crippen LogP contribution in [0.3, 0.4) is 0 Å². The van der Waals surface area contributed by atoms with Gasteiger partial charge in [-0.05, 0) is 215 Å². The van der Waals surface area contributed by atoms with Gasteiger partial charge in [0.25, 0.3) is 0 Å². The van der Waals surface area contributed by atoms with E-state index in [0.717, 1.165) is 172 Å². The Morgan fingerprint density at radius 3 is 0.442 bits per heavy atom. The van der Waals surface area contributed by atoms with Crippen LogP contribution in [0.25, 0.3) is 43.1 Å². The minimum Gasteiger partial charge on any atom is -0.744 e. The van der Waals surface area contributed by atoms with E-state index in [0.29, 0.717) is 21.5 Å². The molecule has 0 spiro atoms. The standard InChI is InChI=1S/4C28H44O3S.Pb/c4*1-3-5-7-9-11-13-15-18-24-22-27-25(19-16-14-12-10-8-6-4-2)20-17-21-26(27)28(23-24)32(29,30)31;/h4*17,20-23H,3-16,18-19H2,1-2H3,(H,29,30,31);/p-4. The normalized spacial score (nSPS) is 11.9. The maximum Gasteiger partial charge on any atom is 0.125 e. The molecule has 0 saturated heterocycles. The molecule has 0 aliphatic heterocycles. The van der Waals surface area contributed by atoms with Crippen molar-refractivity contribution in [2.75, 3.05) is 0 Å². The fourth-order valence-electron chi connectivity index (χ4n) is 18.4. The van der Waals surface area contributed by atoms with Crippen LogP contribution in [-0.4, -0.2) is 79.2 Å². The molecular weight excluding hydrogens is 1870 g/mol. The van der Waals surface area contributed by atoms with Crippen LogP contribution in [0.4, 0.5) is 0 Å². The van der Waals surface area contributed by atoms with E-state index in [1.165, 1.54) is 305 Å². The molecule has 0 N–H and O–H groups in total. The van der Waals surface area contributed by atoms with E-state index in [9.17, 15) is 51.9 Å². The maximum absolute atomic E-state index is 12.0. The molecule has 0 atom stereocenters. The molecule has 0 unspecified atom stereocenters. The van der Waals surface area contributed by atoms with E-state index in [2.05, 4.69) is 104 Å². The number of unbranched alkanes of at least 4 members (excludes halogenated alkanes) is 48. The van der Waals surface area contributed by atoms with E-state index in [1.807, 2.05) is 24.3 Å². The Kier molecular flexibility index (Phi) is 62.6. The minimum absolute atomic E-state index is 0. The second-order valence-corrected chi connectivity index (χ2v) is 42.6. The van der Waals surface area contributed by atoms with Crippen LogP contribution in [-0.2, 0) is 91.8 Å². The number of benzene rings is 8. The summed E-state index contributed by atoms with van der Waals surface area (Å²) in [4.78, 5) is -0.188. The number of hydrogen-bond donors (Lipinski definition) is 0. The summed E-state index contributed by atoms with van der Waals surface area (Å²) in [5, 5.41) is 6.16. The zero-order chi connectivity index (χ0) is 92.9. The van der Waals surface area contributed by atoms with Crippen LogP contribution in [0.2, 0.25) is 0 Å². The van der Waals surface area contributed by atoms with Crippen molar-refractivity contribution in [2.24, 2.45) is 0 Å². The molecule has 0 fully saturated rings. The molecule has 8 aromatic rings. The Balaban J connectivity index is 0.000000359. The van der Waals surface area contributed by atoms with Gasteiger partial charge in [-0.1, -0.05) is 461 Å². The van der Waals surface area contributed by atoms with Crippen molar-refractivity contribution in [1.29, 1.82) is 0 Å². The van der Waals surface area contributed by atoms with Gasteiger partial charge in [-0.2, -0.15) is 0 Å². The van der Waals surface area contributed by atoms with Crippen LogP contribution in [0.5, 0.6) is 0 Å². The van der Waals surface area contributed by atoms with E-state index in [-0.39, 0.29) is 46.9 Å². The van der Waals surface area contributed by atoms with Gasteiger partial charge in [0.15, 0.2) is 0 Å². The van der Waals surface area contributed by atoms with Crippen molar-refractivity contribution in [1.82, 2.24) is 0 Å². The average molecular weight is 2050 g/mol. The minimum atomic E-state index is -4.50. The smallest absolute Gasteiger partial charge is 0.125 e. The van der Waals surface area contributed by atoms with Crippen molar-refractivity contribution in [2.45, 2.75) is 486 Å². The molecule has 0 aliphatic carbocycles. The van der Waals surface area contributed by atoms with E-state index < -0.39 is 40.5 Å². The monoisotopic (exact) mass is 2050 g/mol. The third-order valence-corrected chi connectivity index (χ3v) is 29.5. The van der Waals surface area contributed by atoms with Gasteiger partial charge in [0.05, 0.1) is 19.6 Å². The second kappa shape index (κ2) is 69.2. The molecule has 12 nitrogen and oxygen atoms in total. The molecule has 0 bridgehead atoms. The largest absolute Gasteiger partial charge is 0.744 e. The molecular formula is C112H172O12PbS4-4. The molecule has 0 heterocycles. The summed E-state index contributed by atoms with van der Waals surface area (Å²) < 4.78 is 144. The Labute approximate surface area is 807 Å². The van der Waals surface area contributed by atoms with Crippen LogP contribution in [0.1, 0.15) is 459 Å². The summed E-state index contributed by atoms with van der Waals surface area (Å²) in [7, 11) is -18.0. The van der Waals surface area contributed by atoms with Gasteiger partial charge in [-0.25, -0.2) is 33.7 Å². The summed E-state index contributed by atoms with van der Waals surface area (Å²) in [6, 6.07) is 38.1. The number of aryl methyl sites for hydroxylation is 8. The Hall–Kier alpha value is -4.64.